The van der Waals surface area contributed by atoms with Gasteiger partial charge in [0.1, 0.15) is 0 Å². The van der Waals surface area contributed by atoms with Crippen molar-refractivity contribution in [2.45, 2.75) is 26.4 Å². The van der Waals surface area contributed by atoms with E-state index >= 15 is 0 Å². The molecule has 0 saturated heterocycles. The highest BCUT2D eigenvalue weighted by Crippen LogP contribution is 2.16. The number of rotatable bonds is 5. The lowest BCUT2D eigenvalue weighted by Crippen LogP contribution is -2.29. The van der Waals surface area contributed by atoms with Gasteiger partial charge in [-0.15, -0.1) is 0 Å². The fourth-order valence-corrected chi connectivity index (χ4v) is 2.59. The van der Waals surface area contributed by atoms with E-state index in [1.165, 1.54) is 4.57 Å². The number of benzene rings is 1. The van der Waals surface area contributed by atoms with E-state index in [-0.39, 0.29) is 0 Å². The summed E-state index contributed by atoms with van der Waals surface area (Å²) in [6, 6.07) is 9.94. The van der Waals surface area contributed by atoms with E-state index < -0.39 is 11.2 Å². The molecule has 23 heavy (non-hydrogen) atoms. The van der Waals surface area contributed by atoms with Crippen LogP contribution in [0.5, 0.6) is 0 Å². The van der Waals surface area contributed by atoms with Gasteiger partial charge in [0, 0.05) is 20.1 Å². The number of fused-ring (bicyclic) bond motifs is 1. The Hall–Kier alpha value is -2.83. The minimum Gasteiger partial charge on any atom is -0.352 e. The van der Waals surface area contributed by atoms with Crippen LogP contribution in [0.3, 0.4) is 0 Å². The Kier molecular flexibility index (Phi) is 4.01. The Morgan fingerprint density at radius 3 is 2.65 bits per heavy atom. The Labute approximate surface area is 132 Å². The first kappa shape index (κ1) is 15.1. The van der Waals surface area contributed by atoms with Gasteiger partial charge in [0.25, 0.3) is 5.56 Å². The second kappa shape index (κ2) is 6.12. The summed E-state index contributed by atoms with van der Waals surface area (Å²) in [6.45, 7) is 3.28. The standard InChI is InChI=1S/C16H19N5O2/c1-3-9-21-12-13(20(2)16(23)19-14(12)22)18-15(21)17-10-11-7-5-4-6-8-11/h4-8H,3,9-10H2,1-2H3,(H,17,18)(H,19,22,23). The van der Waals surface area contributed by atoms with Crippen molar-refractivity contribution in [2.24, 2.45) is 7.05 Å². The third-order valence-corrected chi connectivity index (χ3v) is 3.75. The Bertz CT molecular complexity index is 937. The Morgan fingerprint density at radius 2 is 1.96 bits per heavy atom. The van der Waals surface area contributed by atoms with Crippen LogP contribution in [0.15, 0.2) is 39.9 Å². The van der Waals surface area contributed by atoms with Gasteiger partial charge in [-0.1, -0.05) is 37.3 Å². The highest BCUT2D eigenvalue weighted by molar-refractivity contribution is 5.74. The van der Waals surface area contributed by atoms with Gasteiger partial charge in [-0.25, -0.2) is 4.79 Å². The summed E-state index contributed by atoms with van der Waals surface area (Å²) in [5, 5.41) is 3.26. The van der Waals surface area contributed by atoms with Crippen LogP contribution < -0.4 is 16.6 Å². The van der Waals surface area contributed by atoms with Gasteiger partial charge in [-0.2, -0.15) is 4.98 Å². The van der Waals surface area contributed by atoms with E-state index in [0.717, 1.165) is 12.0 Å². The molecule has 120 valence electrons. The summed E-state index contributed by atoms with van der Waals surface area (Å²) in [5.41, 5.74) is 1.06. The number of aryl methyl sites for hydroxylation is 2. The number of aromatic nitrogens is 4. The van der Waals surface area contributed by atoms with Crippen molar-refractivity contribution in [1.82, 2.24) is 19.1 Å². The minimum absolute atomic E-state index is 0.391. The van der Waals surface area contributed by atoms with Crippen molar-refractivity contribution < 1.29 is 0 Å². The third kappa shape index (κ3) is 2.77. The zero-order chi connectivity index (χ0) is 16.4. The lowest BCUT2D eigenvalue weighted by atomic mass is 10.2. The molecule has 0 saturated carbocycles. The van der Waals surface area contributed by atoms with E-state index in [1.807, 2.05) is 41.8 Å². The first-order chi connectivity index (χ1) is 11.1. The normalized spacial score (nSPS) is 11.0. The second-order valence-electron chi connectivity index (χ2n) is 5.42. The predicted octanol–water partition coefficient (Wildman–Crippen LogP) is 1.45. The summed E-state index contributed by atoms with van der Waals surface area (Å²) in [6.07, 6.45) is 0.855. The van der Waals surface area contributed by atoms with E-state index in [0.29, 0.717) is 30.2 Å². The number of imidazole rings is 1. The molecular weight excluding hydrogens is 294 g/mol. The monoisotopic (exact) mass is 313 g/mol. The SMILES string of the molecule is CCCn1c(NCc2ccccc2)nc2c1c(=O)[nH]c(=O)n2C. The maximum atomic E-state index is 12.2. The van der Waals surface area contributed by atoms with Crippen LogP contribution in [0.4, 0.5) is 5.95 Å². The van der Waals surface area contributed by atoms with Gasteiger partial charge in [0.15, 0.2) is 11.2 Å². The Morgan fingerprint density at radius 1 is 1.22 bits per heavy atom. The quantitative estimate of drug-likeness (QED) is 0.746. The molecule has 0 aliphatic heterocycles. The summed E-state index contributed by atoms with van der Waals surface area (Å²) in [5.74, 6) is 0.595. The molecule has 0 bridgehead atoms. The van der Waals surface area contributed by atoms with E-state index in [2.05, 4.69) is 15.3 Å². The average Bonchev–Trinajstić information content (AvgIpc) is 2.91. The van der Waals surface area contributed by atoms with Crippen molar-refractivity contribution in [2.75, 3.05) is 5.32 Å². The first-order valence-corrected chi connectivity index (χ1v) is 7.59. The van der Waals surface area contributed by atoms with Gasteiger partial charge in [-0.05, 0) is 12.0 Å². The maximum absolute atomic E-state index is 12.2. The van der Waals surface area contributed by atoms with Crippen LogP contribution in [-0.4, -0.2) is 19.1 Å². The number of hydrogen-bond acceptors (Lipinski definition) is 4. The highest BCUT2D eigenvalue weighted by Gasteiger charge is 2.16. The molecule has 2 heterocycles. The van der Waals surface area contributed by atoms with Crippen molar-refractivity contribution in [1.29, 1.82) is 0 Å². The zero-order valence-corrected chi connectivity index (χ0v) is 13.2. The molecule has 0 aliphatic carbocycles. The fraction of sp³-hybridized carbons (Fsp3) is 0.312. The van der Waals surface area contributed by atoms with Gasteiger partial charge in [-0.3, -0.25) is 14.3 Å². The summed E-state index contributed by atoms with van der Waals surface area (Å²) in [7, 11) is 1.60. The molecule has 3 aromatic rings. The third-order valence-electron chi connectivity index (χ3n) is 3.75. The van der Waals surface area contributed by atoms with Gasteiger partial charge < -0.3 is 9.88 Å². The lowest BCUT2D eigenvalue weighted by Gasteiger charge is -2.09. The molecule has 0 fully saturated rings. The number of nitrogens with one attached hydrogen (secondary N) is 2. The molecule has 0 amide bonds. The van der Waals surface area contributed by atoms with Crippen LogP contribution in [0.1, 0.15) is 18.9 Å². The van der Waals surface area contributed by atoms with Crippen molar-refractivity contribution >= 4 is 17.1 Å². The molecule has 0 spiro atoms. The number of nitrogens with zero attached hydrogens (tertiary/aromatic N) is 3. The number of H-pyrrole nitrogens is 1. The molecular formula is C16H19N5O2. The summed E-state index contributed by atoms with van der Waals surface area (Å²) in [4.78, 5) is 30.7. The molecule has 2 aromatic heterocycles. The molecule has 0 atom stereocenters. The lowest BCUT2D eigenvalue weighted by molar-refractivity contribution is 0.696. The van der Waals surface area contributed by atoms with Crippen LogP contribution >= 0.6 is 0 Å². The average molecular weight is 313 g/mol. The topological polar surface area (TPSA) is 84.7 Å². The predicted molar refractivity (Wildman–Crippen MR) is 89.7 cm³/mol. The first-order valence-electron chi connectivity index (χ1n) is 7.59. The van der Waals surface area contributed by atoms with Crippen molar-refractivity contribution in [3.63, 3.8) is 0 Å². The second-order valence-corrected chi connectivity index (χ2v) is 5.42. The fourth-order valence-electron chi connectivity index (χ4n) is 2.59. The van der Waals surface area contributed by atoms with E-state index in [1.54, 1.807) is 7.05 Å². The largest absolute Gasteiger partial charge is 0.352 e. The molecule has 3 rings (SSSR count). The molecule has 1 aromatic carbocycles. The molecule has 2 N–H and O–H groups in total. The number of anilines is 1. The maximum Gasteiger partial charge on any atom is 0.329 e. The van der Waals surface area contributed by atoms with Crippen molar-refractivity contribution in [3.05, 3.63) is 56.7 Å². The van der Waals surface area contributed by atoms with Gasteiger partial charge >= 0.3 is 5.69 Å². The van der Waals surface area contributed by atoms with Crippen LogP contribution in [0, 0.1) is 0 Å². The molecule has 0 unspecified atom stereocenters. The summed E-state index contributed by atoms with van der Waals surface area (Å²) < 4.78 is 3.19. The van der Waals surface area contributed by atoms with Gasteiger partial charge in [0.2, 0.25) is 5.95 Å². The van der Waals surface area contributed by atoms with Crippen molar-refractivity contribution in [3.8, 4) is 0 Å². The van der Waals surface area contributed by atoms with E-state index in [4.69, 9.17) is 0 Å². The van der Waals surface area contributed by atoms with Crippen LogP contribution in [0.2, 0.25) is 0 Å². The number of aromatic amines is 1. The van der Waals surface area contributed by atoms with Gasteiger partial charge in [0.05, 0.1) is 0 Å². The highest BCUT2D eigenvalue weighted by atomic mass is 16.2. The van der Waals surface area contributed by atoms with Crippen LogP contribution in [0.25, 0.3) is 11.2 Å². The molecule has 0 radical (unpaired) electrons. The Balaban J connectivity index is 2.07. The van der Waals surface area contributed by atoms with Crippen LogP contribution in [-0.2, 0) is 20.1 Å². The molecule has 7 nitrogen and oxygen atoms in total. The number of hydrogen-bond donors (Lipinski definition) is 2. The molecule has 7 heteroatoms. The summed E-state index contributed by atoms with van der Waals surface area (Å²) >= 11 is 0. The molecule has 0 aliphatic rings. The van der Waals surface area contributed by atoms with E-state index in [9.17, 15) is 9.59 Å². The minimum atomic E-state index is -0.460. The smallest absolute Gasteiger partial charge is 0.329 e. The zero-order valence-electron chi connectivity index (χ0n) is 13.2.